The Morgan fingerprint density at radius 3 is 2.23 bits per heavy atom. The summed E-state index contributed by atoms with van der Waals surface area (Å²) in [5, 5.41) is 20.5. The third-order valence-electron chi connectivity index (χ3n) is 3.58. The minimum atomic E-state index is -4.23. The molecular weight excluding hydrogens is 364 g/mol. The Bertz CT molecular complexity index is 763. The van der Waals surface area contributed by atoms with E-state index in [2.05, 4.69) is 0 Å². The third-order valence-corrected chi connectivity index (χ3v) is 5.53. The first-order chi connectivity index (χ1) is 12.0. The number of nitro groups is 1. The molecule has 1 aromatic carbocycles. The van der Waals surface area contributed by atoms with Gasteiger partial charge in [-0.2, -0.15) is 4.31 Å². The molecule has 0 bridgehead atoms. The summed E-state index contributed by atoms with van der Waals surface area (Å²) in [6.45, 7) is -0.160. The quantitative estimate of drug-likeness (QED) is 0.460. The summed E-state index contributed by atoms with van der Waals surface area (Å²) in [5.74, 6) is -0.785. The lowest BCUT2D eigenvalue weighted by molar-refractivity contribution is -0.385. The number of carbonyl (C=O) groups is 1. The Hall–Kier alpha value is -2.08. The van der Waals surface area contributed by atoms with E-state index in [4.69, 9.17) is 0 Å². The van der Waals surface area contributed by atoms with Gasteiger partial charge in [-0.15, -0.1) is 0 Å². The van der Waals surface area contributed by atoms with Gasteiger partial charge in [0.25, 0.3) is 11.6 Å². The molecule has 11 heteroatoms. The van der Waals surface area contributed by atoms with Crippen LogP contribution in [0, 0.1) is 10.1 Å². The molecule has 0 aliphatic heterocycles. The average molecular weight is 388 g/mol. The highest BCUT2D eigenvalue weighted by Crippen LogP contribution is 2.29. The van der Waals surface area contributed by atoms with E-state index in [1.54, 1.807) is 19.0 Å². The molecule has 26 heavy (non-hydrogen) atoms. The van der Waals surface area contributed by atoms with E-state index in [-0.39, 0.29) is 13.1 Å². The number of carbonyl (C=O) groups excluding carboxylic acids is 1. The molecule has 0 saturated carbocycles. The van der Waals surface area contributed by atoms with Crippen molar-refractivity contribution in [1.82, 2.24) is 14.1 Å². The maximum atomic E-state index is 13.1. The molecule has 0 aliphatic carbocycles. The summed E-state index contributed by atoms with van der Waals surface area (Å²) in [7, 11) is 2.06. The maximum Gasteiger partial charge on any atom is 0.283 e. The smallest absolute Gasteiger partial charge is 0.283 e. The summed E-state index contributed by atoms with van der Waals surface area (Å²) in [5.41, 5.74) is -1.07. The Labute approximate surface area is 152 Å². The van der Waals surface area contributed by atoms with E-state index >= 15 is 0 Å². The Morgan fingerprint density at radius 1 is 1.15 bits per heavy atom. The highest BCUT2D eigenvalue weighted by molar-refractivity contribution is 7.89. The minimum absolute atomic E-state index is 0.0637. The van der Waals surface area contributed by atoms with Gasteiger partial charge in [0.05, 0.1) is 11.5 Å². The van der Waals surface area contributed by atoms with Gasteiger partial charge >= 0.3 is 0 Å². The number of benzene rings is 1. The molecule has 0 spiro atoms. The molecule has 0 atom stereocenters. The van der Waals surface area contributed by atoms with Crippen molar-refractivity contribution in [1.29, 1.82) is 0 Å². The molecule has 0 fully saturated rings. The van der Waals surface area contributed by atoms with E-state index in [0.717, 1.165) is 15.3 Å². The van der Waals surface area contributed by atoms with Gasteiger partial charge in [0.15, 0.2) is 0 Å². The summed E-state index contributed by atoms with van der Waals surface area (Å²) < 4.78 is 27.1. The van der Waals surface area contributed by atoms with Crippen LogP contribution in [0.15, 0.2) is 23.1 Å². The van der Waals surface area contributed by atoms with Crippen LogP contribution in [0.25, 0.3) is 0 Å². The molecular formula is C15H24N4O6S. The van der Waals surface area contributed by atoms with Crippen LogP contribution in [-0.4, -0.2) is 92.9 Å². The Kier molecular flexibility index (Phi) is 7.63. The lowest BCUT2D eigenvalue weighted by atomic mass is 10.1. The zero-order valence-electron chi connectivity index (χ0n) is 15.2. The summed E-state index contributed by atoms with van der Waals surface area (Å²) in [6, 6.07) is 3.48. The monoisotopic (exact) mass is 388 g/mol. The molecule has 0 aromatic heterocycles. The van der Waals surface area contributed by atoms with Crippen LogP contribution in [0.4, 0.5) is 5.69 Å². The van der Waals surface area contributed by atoms with Gasteiger partial charge in [-0.1, -0.05) is 6.07 Å². The van der Waals surface area contributed by atoms with Crippen LogP contribution in [0.3, 0.4) is 0 Å². The second-order valence-electron chi connectivity index (χ2n) is 6.04. The average Bonchev–Trinajstić information content (AvgIpc) is 2.56. The van der Waals surface area contributed by atoms with Crippen molar-refractivity contribution < 1.29 is 23.2 Å². The van der Waals surface area contributed by atoms with Crippen molar-refractivity contribution in [3.05, 3.63) is 33.9 Å². The molecule has 0 saturated heterocycles. The van der Waals surface area contributed by atoms with Gasteiger partial charge in [-0.25, -0.2) is 8.42 Å². The number of rotatable bonds is 9. The van der Waals surface area contributed by atoms with Gasteiger partial charge in [0.2, 0.25) is 10.0 Å². The lowest BCUT2D eigenvalue weighted by Crippen LogP contribution is -2.39. The molecule has 1 N–H and O–H groups in total. The number of nitrogens with zero attached hydrogens (tertiary/aromatic N) is 4. The van der Waals surface area contributed by atoms with Gasteiger partial charge in [-0.3, -0.25) is 14.9 Å². The molecule has 0 heterocycles. The molecule has 146 valence electrons. The van der Waals surface area contributed by atoms with E-state index in [0.29, 0.717) is 6.54 Å². The standard InChI is InChI=1S/C15H24N4O6S/c1-16(2)8-9-18(10-11-20)26(24,25)13-7-5-6-12(19(22)23)14(13)15(21)17(3)4/h5-7,20H,8-11H2,1-4H3. The van der Waals surface area contributed by atoms with Crippen molar-refractivity contribution in [3.63, 3.8) is 0 Å². The minimum Gasteiger partial charge on any atom is -0.395 e. The van der Waals surface area contributed by atoms with E-state index in [1.165, 1.54) is 26.2 Å². The van der Waals surface area contributed by atoms with Gasteiger partial charge in [0.1, 0.15) is 10.5 Å². The molecule has 1 aromatic rings. The normalized spacial score (nSPS) is 11.8. The van der Waals surface area contributed by atoms with Crippen LogP contribution in [0.2, 0.25) is 0 Å². The molecule has 1 rings (SSSR count). The van der Waals surface area contributed by atoms with Crippen LogP contribution >= 0.6 is 0 Å². The fraction of sp³-hybridized carbons (Fsp3) is 0.533. The van der Waals surface area contributed by atoms with Crippen LogP contribution in [0.1, 0.15) is 10.4 Å². The number of nitro benzene ring substituents is 1. The first kappa shape index (κ1) is 22.0. The first-order valence-electron chi connectivity index (χ1n) is 7.78. The summed E-state index contributed by atoms with van der Waals surface area (Å²) >= 11 is 0. The van der Waals surface area contributed by atoms with Gasteiger partial charge < -0.3 is 14.9 Å². The SMILES string of the molecule is CN(C)CCN(CCO)S(=O)(=O)c1cccc([N+](=O)[O-])c1C(=O)N(C)C. The first-order valence-corrected chi connectivity index (χ1v) is 9.22. The topological polar surface area (TPSA) is 124 Å². The number of hydrogen-bond donors (Lipinski definition) is 1. The number of hydrogen-bond acceptors (Lipinski definition) is 7. The van der Waals surface area contributed by atoms with Crippen molar-refractivity contribution in [2.75, 3.05) is 54.4 Å². The number of aliphatic hydroxyl groups excluding tert-OH is 1. The highest BCUT2D eigenvalue weighted by Gasteiger charge is 2.34. The highest BCUT2D eigenvalue weighted by atomic mass is 32.2. The van der Waals surface area contributed by atoms with E-state index in [1.807, 2.05) is 0 Å². The lowest BCUT2D eigenvalue weighted by Gasteiger charge is -2.24. The van der Waals surface area contributed by atoms with Crippen LogP contribution in [-0.2, 0) is 10.0 Å². The third kappa shape index (κ3) is 4.97. The molecule has 0 unspecified atom stereocenters. The molecule has 1 amide bonds. The van der Waals surface area contributed by atoms with Gasteiger partial charge in [0, 0.05) is 39.8 Å². The maximum absolute atomic E-state index is 13.1. The molecule has 0 radical (unpaired) electrons. The van der Waals surface area contributed by atoms with Crippen molar-refractivity contribution in [2.24, 2.45) is 0 Å². The number of amides is 1. The van der Waals surface area contributed by atoms with E-state index in [9.17, 15) is 28.4 Å². The number of aliphatic hydroxyl groups is 1. The van der Waals surface area contributed by atoms with Gasteiger partial charge in [-0.05, 0) is 20.2 Å². The fourth-order valence-electron chi connectivity index (χ4n) is 2.24. The number of likely N-dealkylation sites (N-methyl/N-ethyl adjacent to an activating group) is 1. The van der Waals surface area contributed by atoms with E-state index < -0.39 is 43.6 Å². The largest absolute Gasteiger partial charge is 0.395 e. The number of sulfonamides is 1. The molecule has 0 aliphatic rings. The van der Waals surface area contributed by atoms with Crippen molar-refractivity contribution in [2.45, 2.75) is 4.90 Å². The fourth-order valence-corrected chi connectivity index (χ4v) is 3.86. The summed E-state index contributed by atoms with van der Waals surface area (Å²) in [4.78, 5) is 25.4. The van der Waals surface area contributed by atoms with Crippen molar-refractivity contribution >= 4 is 21.6 Å². The molecule has 10 nitrogen and oxygen atoms in total. The predicted molar refractivity (Wildman–Crippen MR) is 95.5 cm³/mol. The Balaban J connectivity index is 3.57. The zero-order chi connectivity index (χ0) is 20.1. The second-order valence-corrected chi connectivity index (χ2v) is 7.94. The predicted octanol–water partition coefficient (Wildman–Crippen LogP) is -0.159. The summed E-state index contributed by atoms with van der Waals surface area (Å²) in [6.07, 6.45) is 0. The van der Waals surface area contributed by atoms with Crippen LogP contribution in [0.5, 0.6) is 0 Å². The van der Waals surface area contributed by atoms with Crippen molar-refractivity contribution in [3.8, 4) is 0 Å². The second kappa shape index (κ2) is 9.03. The Morgan fingerprint density at radius 2 is 1.77 bits per heavy atom. The van der Waals surface area contributed by atoms with Crippen LogP contribution < -0.4 is 0 Å². The zero-order valence-corrected chi connectivity index (χ0v) is 16.1.